The maximum atomic E-state index is 2.56. The first-order chi connectivity index (χ1) is 19.9. The van der Waals surface area contributed by atoms with E-state index in [4.69, 9.17) is 0 Å². The number of hydrogen-bond donors (Lipinski definition) is 0. The molecule has 0 aliphatic heterocycles. The molecule has 0 fully saturated rings. The molecule has 6 aromatic rings. The Labute approximate surface area is 238 Å². The quantitative estimate of drug-likeness (QED) is 0.172. The van der Waals surface area contributed by atoms with E-state index in [1.165, 1.54) is 0 Å². The minimum atomic E-state index is -2.44. The van der Waals surface area contributed by atoms with Gasteiger partial charge in [0, 0.05) is 34.1 Å². The van der Waals surface area contributed by atoms with Crippen LogP contribution in [0, 0.1) is 0 Å². The lowest BCUT2D eigenvalue weighted by atomic mass is 10.2. The molecule has 0 radical (unpaired) electrons. The molecule has 6 rings (SSSR count). The van der Waals surface area contributed by atoms with Gasteiger partial charge in [0.15, 0.2) is 0 Å². The van der Waals surface area contributed by atoms with Crippen molar-refractivity contribution < 1.29 is 0 Å². The molecule has 0 spiro atoms. The van der Waals surface area contributed by atoms with Crippen molar-refractivity contribution in [1.82, 2.24) is 0 Å². The Balaban J connectivity index is 1.69. The third-order valence-electron chi connectivity index (χ3n) is 6.90. The number of benzene rings is 6. The van der Waals surface area contributed by atoms with Crippen LogP contribution in [0.4, 0.5) is 34.1 Å². The molecule has 0 saturated heterocycles. The number of hydrogen-bond acceptors (Lipinski definition) is 3. The van der Waals surface area contributed by atoms with E-state index in [1.807, 2.05) is 0 Å². The van der Waals surface area contributed by atoms with Crippen molar-refractivity contribution in [2.45, 2.75) is 0 Å². The summed E-state index contributed by atoms with van der Waals surface area (Å²) in [5, 5.41) is 0. The number of para-hydroxylation sites is 6. The predicted molar refractivity (Wildman–Crippen MR) is 172 cm³/mol. The summed E-state index contributed by atoms with van der Waals surface area (Å²) in [6.07, 6.45) is 0. The van der Waals surface area contributed by atoms with E-state index in [0.29, 0.717) is 0 Å². The molecule has 0 aliphatic carbocycles. The minimum absolute atomic E-state index is 1.15. The van der Waals surface area contributed by atoms with Crippen LogP contribution in [0.5, 0.6) is 0 Å². The molecule has 6 aromatic carbocycles. The van der Waals surface area contributed by atoms with Gasteiger partial charge in [-0.3, -0.25) is 0 Å². The lowest BCUT2D eigenvalue weighted by Crippen LogP contribution is -2.59. The van der Waals surface area contributed by atoms with Crippen LogP contribution in [0.15, 0.2) is 182 Å². The Kier molecular flexibility index (Phi) is 7.69. The second-order valence-corrected chi connectivity index (χ2v) is 11.7. The second-order valence-electron chi connectivity index (χ2n) is 9.47. The fourth-order valence-corrected chi connectivity index (χ4v) is 8.45. The number of nitrogens with zero attached hydrogens (tertiary/aromatic N) is 3. The van der Waals surface area contributed by atoms with Gasteiger partial charge in [-0.1, -0.05) is 109 Å². The third-order valence-corrected chi connectivity index (χ3v) is 10.1. The fraction of sp³-hybridized carbons (Fsp3) is 0. The Bertz CT molecular complexity index is 1270. The van der Waals surface area contributed by atoms with Gasteiger partial charge in [0.1, 0.15) is 0 Å². The van der Waals surface area contributed by atoms with Gasteiger partial charge in [-0.25, -0.2) is 0 Å². The molecule has 3 nitrogen and oxygen atoms in total. The topological polar surface area (TPSA) is 9.72 Å². The van der Waals surface area contributed by atoms with Crippen molar-refractivity contribution in [3.05, 3.63) is 182 Å². The second kappa shape index (κ2) is 12.2. The van der Waals surface area contributed by atoms with Crippen LogP contribution in [0.1, 0.15) is 0 Å². The summed E-state index contributed by atoms with van der Waals surface area (Å²) >= 11 is 0. The molecule has 0 aromatic heterocycles. The van der Waals surface area contributed by atoms with Gasteiger partial charge in [-0.2, -0.15) is 0 Å². The zero-order chi connectivity index (χ0) is 27.0. The summed E-state index contributed by atoms with van der Waals surface area (Å²) in [6.45, 7) is 0. The Morgan fingerprint density at radius 3 is 0.525 bits per heavy atom. The van der Waals surface area contributed by atoms with Crippen LogP contribution in [0.25, 0.3) is 0 Å². The predicted octanol–water partition coefficient (Wildman–Crippen LogP) is 9.22. The first kappa shape index (κ1) is 25.2. The molecule has 4 heteroatoms. The average Bonchev–Trinajstić information content (AvgIpc) is 3.04. The summed E-state index contributed by atoms with van der Waals surface area (Å²) in [4.78, 5) is 0. The van der Waals surface area contributed by atoms with E-state index < -0.39 is 9.28 Å². The molecule has 0 bridgehead atoms. The van der Waals surface area contributed by atoms with Gasteiger partial charge in [0.05, 0.1) is 0 Å². The standard InChI is InChI=1S/C36H31N3Si/c1-7-19-31(20-8-1)37(32-21-9-2-10-22-32)40(38(33-23-11-3-12-24-33)34-25-13-4-14-26-34)39(35-27-15-5-16-28-35)36-29-17-6-18-30-36/h1-30,40H. The molecule has 0 saturated carbocycles. The molecule has 0 aliphatic rings. The van der Waals surface area contributed by atoms with Gasteiger partial charge in [-0.15, -0.1) is 0 Å². The summed E-state index contributed by atoms with van der Waals surface area (Å²) in [5.41, 5.74) is 6.91. The highest BCUT2D eigenvalue weighted by atomic mass is 28.3. The number of rotatable bonds is 9. The Morgan fingerprint density at radius 2 is 0.375 bits per heavy atom. The largest absolute Gasteiger partial charge is 0.377 e. The first-order valence-corrected chi connectivity index (χ1v) is 15.1. The molecule has 40 heavy (non-hydrogen) atoms. The van der Waals surface area contributed by atoms with E-state index in [9.17, 15) is 0 Å². The smallest absolute Gasteiger partial charge is 0.336 e. The Hall–Kier alpha value is -5.06. The Morgan fingerprint density at radius 1 is 0.225 bits per heavy atom. The van der Waals surface area contributed by atoms with Crippen LogP contribution in [0.2, 0.25) is 0 Å². The average molecular weight is 534 g/mol. The van der Waals surface area contributed by atoms with Crippen molar-refractivity contribution in [2.75, 3.05) is 13.7 Å². The van der Waals surface area contributed by atoms with Gasteiger partial charge in [0.2, 0.25) is 0 Å². The molecular formula is C36H31N3Si. The summed E-state index contributed by atoms with van der Waals surface area (Å²) in [7, 11) is -2.44. The minimum Gasteiger partial charge on any atom is -0.336 e. The van der Waals surface area contributed by atoms with E-state index in [0.717, 1.165) is 34.1 Å². The molecule has 0 N–H and O–H groups in total. The summed E-state index contributed by atoms with van der Waals surface area (Å²) < 4.78 is 7.67. The van der Waals surface area contributed by atoms with Crippen LogP contribution < -0.4 is 13.7 Å². The fourth-order valence-electron chi connectivity index (χ4n) is 5.13. The van der Waals surface area contributed by atoms with Crippen molar-refractivity contribution in [3.63, 3.8) is 0 Å². The van der Waals surface area contributed by atoms with Crippen LogP contribution in [-0.2, 0) is 0 Å². The van der Waals surface area contributed by atoms with E-state index in [-0.39, 0.29) is 0 Å². The highest BCUT2D eigenvalue weighted by Gasteiger charge is 2.38. The van der Waals surface area contributed by atoms with Crippen molar-refractivity contribution in [2.24, 2.45) is 0 Å². The monoisotopic (exact) mass is 533 g/mol. The summed E-state index contributed by atoms with van der Waals surface area (Å²) in [6, 6.07) is 64.6. The number of anilines is 6. The zero-order valence-electron chi connectivity index (χ0n) is 22.2. The molecule has 0 amide bonds. The molecular weight excluding hydrogens is 503 g/mol. The SMILES string of the molecule is c1ccc(N(c2ccccc2)[SiH](N(c2ccccc2)c2ccccc2)N(c2ccccc2)c2ccccc2)cc1. The third kappa shape index (κ3) is 5.39. The van der Waals surface area contributed by atoms with Crippen molar-refractivity contribution in [3.8, 4) is 0 Å². The van der Waals surface area contributed by atoms with Crippen LogP contribution >= 0.6 is 0 Å². The zero-order valence-corrected chi connectivity index (χ0v) is 23.4. The van der Waals surface area contributed by atoms with Crippen LogP contribution in [0.3, 0.4) is 0 Å². The molecule has 194 valence electrons. The van der Waals surface area contributed by atoms with Gasteiger partial charge >= 0.3 is 9.28 Å². The van der Waals surface area contributed by atoms with Gasteiger partial charge in [0.25, 0.3) is 0 Å². The highest BCUT2D eigenvalue weighted by molar-refractivity contribution is 6.75. The molecule has 0 heterocycles. The highest BCUT2D eigenvalue weighted by Crippen LogP contribution is 2.39. The van der Waals surface area contributed by atoms with E-state index in [1.54, 1.807) is 0 Å². The van der Waals surface area contributed by atoms with Crippen LogP contribution in [-0.4, -0.2) is 9.28 Å². The first-order valence-electron chi connectivity index (χ1n) is 13.6. The van der Waals surface area contributed by atoms with Gasteiger partial charge < -0.3 is 13.7 Å². The van der Waals surface area contributed by atoms with E-state index in [2.05, 4.69) is 196 Å². The normalized spacial score (nSPS) is 10.7. The lowest BCUT2D eigenvalue weighted by molar-refractivity contribution is 1.20. The van der Waals surface area contributed by atoms with E-state index >= 15 is 0 Å². The molecule has 0 atom stereocenters. The molecule has 0 unspecified atom stereocenters. The maximum absolute atomic E-state index is 2.56. The van der Waals surface area contributed by atoms with Crippen molar-refractivity contribution >= 4 is 43.4 Å². The van der Waals surface area contributed by atoms with Crippen molar-refractivity contribution in [1.29, 1.82) is 0 Å². The van der Waals surface area contributed by atoms with Gasteiger partial charge in [-0.05, 0) is 72.8 Å². The lowest BCUT2D eigenvalue weighted by Gasteiger charge is -2.47. The maximum Gasteiger partial charge on any atom is 0.377 e. The summed E-state index contributed by atoms with van der Waals surface area (Å²) in [5.74, 6) is 0.